The van der Waals surface area contributed by atoms with E-state index >= 15 is 0 Å². The number of carbonyl (C=O) groups is 2. The predicted molar refractivity (Wildman–Crippen MR) is 84.0 cm³/mol. The van der Waals surface area contributed by atoms with Crippen molar-refractivity contribution in [1.82, 2.24) is 0 Å². The lowest BCUT2D eigenvalue weighted by Gasteiger charge is -2.07. The zero-order valence-electron chi connectivity index (χ0n) is 13.2. The lowest BCUT2D eigenvalue weighted by Crippen LogP contribution is -2.05. The Labute approximate surface area is 127 Å². The van der Waals surface area contributed by atoms with Crippen LogP contribution in [0.3, 0.4) is 0 Å². The second-order valence-electron chi connectivity index (χ2n) is 4.59. The molecule has 0 saturated carbocycles. The number of methoxy groups -OCH3 is 2. The molecular weight excluding hydrogens is 268 g/mol. The van der Waals surface area contributed by atoms with Crippen LogP contribution < -0.4 is 0 Å². The highest BCUT2D eigenvalue weighted by atomic mass is 16.5. The molecule has 0 aromatic carbocycles. The molecule has 21 heavy (non-hydrogen) atoms. The van der Waals surface area contributed by atoms with Gasteiger partial charge in [0, 0.05) is 20.0 Å². The van der Waals surface area contributed by atoms with Gasteiger partial charge in [0.25, 0.3) is 0 Å². The summed E-state index contributed by atoms with van der Waals surface area (Å²) in [5, 5.41) is 0. The summed E-state index contributed by atoms with van der Waals surface area (Å²) in [6, 6.07) is 0. The number of rotatable bonds is 11. The Bertz CT molecular complexity index is 380. The minimum absolute atomic E-state index is 0.00767. The van der Waals surface area contributed by atoms with Gasteiger partial charge in [-0.2, -0.15) is 0 Å². The smallest absolute Gasteiger partial charge is 0.305 e. The molecule has 0 spiro atoms. The number of carbonyl (C=O) groups excluding carboxylic acids is 2. The van der Waals surface area contributed by atoms with Crippen LogP contribution in [-0.2, 0) is 19.1 Å². The van der Waals surface area contributed by atoms with Crippen molar-refractivity contribution in [2.24, 2.45) is 0 Å². The van der Waals surface area contributed by atoms with Crippen molar-refractivity contribution in [3.63, 3.8) is 0 Å². The van der Waals surface area contributed by atoms with E-state index in [9.17, 15) is 9.59 Å². The first-order chi connectivity index (χ1) is 10.1. The number of ketones is 1. The van der Waals surface area contributed by atoms with Crippen molar-refractivity contribution in [2.75, 3.05) is 14.2 Å². The van der Waals surface area contributed by atoms with Crippen molar-refractivity contribution >= 4 is 11.8 Å². The molecule has 4 heteroatoms. The molecule has 0 fully saturated rings. The van der Waals surface area contributed by atoms with Crippen LogP contribution in [0.2, 0.25) is 0 Å². The van der Waals surface area contributed by atoms with Crippen LogP contribution in [0.1, 0.15) is 39.0 Å². The van der Waals surface area contributed by atoms with Gasteiger partial charge in [0.05, 0.1) is 13.2 Å². The maximum Gasteiger partial charge on any atom is 0.305 e. The van der Waals surface area contributed by atoms with Crippen LogP contribution in [0.15, 0.2) is 36.5 Å². The van der Waals surface area contributed by atoms with Crippen molar-refractivity contribution in [3.05, 3.63) is 36.5 Å². The second-order valence-corrected chi connectivity index (χ2v) is 4.59. The molecule has 1 unspecified atom stereocenters. The molecular formula is C17H26O4. The third-order valence-corrected chi connectivity index (χ3v) is 2.85. The molecule has 0 radical (unpaired) electrons. The Hall–Kier alpha value is -1.68. The highest BCUT2D eigenvalue weighted by Gasteiger charge is 2.02. The summed E-state index contributed by atoms with van der Waals surface area (Å²) in [6.45, 7) is 2.12. The molecule has 118 valence electrons. The Kier molecular flexibility index (Phi) is 12.2. The largest absolute Gasteiger partial charge is 0.469 e. The fourth-order valence-corrected chi connectivity index (χ4v) is 1.65. The first kappa shape index (κ1) is 19.3. The number of allylic oxidation sites excluding steroid dienone is 5. The maximum absolute atomic E-state index is 11.5. The summed E-state index contributed by atoms with van der Waals surface area (Å²) in [7, 11) is 3.04. The van der Waals surface area contributed by atoms with Gasteiger partial charge in [0.15, 0.2) is 5.78 Å². The average Bonchev–Trinajstić information content (AvgIpc) is 2.49. The standard InChI is InChI=1S/C17H26O4/c1-4-10-16(20-2)13-8-6-5-7-11-15(18)12-9-14-17(19)21-3/h5-8,11,13,16H,4,9-10,12,14H2,1-3H3. The number of ether oxygens (including phenoxy) is 2. The summed E-state index contributed by atoms with van der Waals surface area (Å²) < 4.78 is 9.78. The summed E-state index contributed by atoms with van der Waals surface area (Å²) in [5.41, 5.74) is 0. The number of hydrogen-bond acceptors (Lipinski definition) is 4. The monoisotopic (exact) mass is 294 g/mol. The lowest BCUT2D eigenvalue weighted by molar-refractivity contribution is -0.140. The van der Waals surface area contributed by atoms with E-state index in [-0.39, 0.29) is 24.3 Å². The first-order valence-electron chi connectivity index (χ1n) is 7.28. The molecule has 0 bridgehead atoms. The SMILES string of the molecule is CCCC(C=CC=CC=CC(=O)CCCC(=O)OC)OC. The average molecular weight is 294 g/mol. The van der Waals surface area contributed by atoms with E-state index in [1.807, 2.05) is 18.2 Å². The van der Waals surface area contributed by atoms with Gasteiger partial charge in [0.2, 0.25) is 0 Å². The molecule has 0 N–H and O–H groups in total. The van der Waals surface area contributed by atoms with E-state index in [4.69, 9.17) is 4.74 Å². The Morgan fingerprint density at radius 1 is 1.05 bits per heavy atom. The number of hydrogen-bond donors (Lipinski definition) is 0. The van der Waals surface area contributed by atoms with E-state index in [0.29, 0.717) is 12.8 Å². The van der Waals surface area contributed by atoms with Gasteiger partial charge < -0.3 is 9.47 Å². The van der Waals surface area contributed by atoms with Crippen LogP contribution >= 0.6 is 0 Å². The van der Waals surface area contributed by atoms with E-state index in [2.05, 4.69) is 11.7 Å². The zero-order valence-corrected chi connectivity index (χ0v) is 13.2. The van der Waals surface area contributed by atoms with Gasteiger partial charge in [-0.25, -0.2) is 0 Å². The molecule has 0 amide bonds. The van der Waals surface area contributed by atoms with E-state index in [1.165, 1.54) is 13.2 Å². The molecule has 0 aromatic heterocycles. The van der Waals surface area contributed by atoms with Gasteiger partial charge in [-0.05, 0) is 18.9 Å². The predicted octanol–water partition coefficient (Wildman–Crippen LogP) is 3.38. The third-order valence-electron chi connectivity index (χ3n) is 2.85. The zero-order chi connectivity index (χ0) is 15.9. The van der Waals surface area contributed by atoms with E-state index in [0.717, 1.165) is 12.8 Å². The van der Waals surface area contributed by atoms with Gasteiger partial charge >= 0.3 is 5.97 Å². The van der Waals surface area contributed by atoms with Crippen LogP contribution in [0.25, 0.3) is 0 Å². The van der Waals surface area contributed by atoms with Crippen LogP contribution in [0.4, 0.5) is 0 Å². The molecule has 0 aliphatic heterocycles. The fraction of sp³-hybridized carbons (Fsp3) is 0.529. The molecule has 0 aliphatic carbocycles. The summed E-state index contributed by atoms with van der Waals surface area (Å²) >= 11 is 0. The number of esters is 1. The van der Waals surface area contributed by atoms with Crippen LogP contribution in [0, 0.1) is 0 Å². The molecule has 0 aromatic rings. The van der Waals surface area contributed by atoms with E-state index < -0.39 is 0 Å². The van der Waals surface area contributed by atoms with Gasteiger partial charge in [-0.15, -0.1) is 0 Å². The Morgan fingerprint density at radius 2 is 1.76 bits per heavy atom. The summed E-state index contributed by atoms with van der Waals surface area (Å²) in [5.74, 6) is -0.273. The summed E-state index contributed by atoms with van der Waals surface area (Å²) in [4.78, 5) is 22.3. The van der Waals surface area contributed by atoms with E-state index in [1.54, 1.807) is 19.3 Å². The minimum Gasteiger partial charge on any atom is -0.469 e. The van der Waals surface area contributed by atoms with Crippen LogP contribution in [0.5, 0.6) is 0 Å². The minimum atomic E-state index is -0.281. The molecule has 0 aliphatic rings. The first-order valence-corrected chi connectivity index (χ1v) is 7.28. The van der Waals surface area contributed by atoms with Crippen molar-refractivity contribution in [3.8, 4) is 0 Å². The van der Waals surface area contributed by atoms with Gasteiger partial charge in [-0.1, -0.05) is 43.7 Å². The highest BCUT2D eigenvalue weighted by Crippen LogP contribution is 2.02. The third kappa shape index (κ3) is 11.8. The molecule has 1 atom stereocenters. The molecule has 0 heterocycles. The summed E-state index contributed by atoms with van der Waals surface area (Å²) in [6.07, 6.45) is 14.2. The molecule has 4 nitrogen and oxygen atoms in total. The van der Waals surface area contributed by atoms with Crippen molar-refractivity contribution in [1.29, 1.82) is 0 Å². The van der Waals surface area contributed by atoms with Gasteiger partial charge in [0.1, 0.15) is 0 Å². The Balaban J connectivity index is 3.92. The van der Waals surface area contributed by atoms with Crippen LogP contribution in [-0.4, -0.2) is 32.1 Å². The quantitative estimate of drug-likeness (QED) is 0.333. The molecule has 0 saturated heterocycles. The highest BCUT2D eigenvalue weighted by molar-refractivity contribution is 5.90. The topological polar surface area (TPSA) is 52.6 Å². The maximum atomic E-state index is 11.5. The Morgan fingerprint density at radius 3 is 2.38 bits per heavy atom. The molecule has 0 rings (SSSR count). The lowest BCUT2D eigenvalue weighted by atomic mass is 10.1. The normalized spacial score (nSPS) is 13.3. The second kappa shape index (κ2) is 13.3. The fourth-order valence-electron chi connectivity index (χ4n) is 1.65. The van der Waals surface area contributed by atoms with Crippen molar-refractivity contribution < 1.29 is 19.1 Å². The van der Waals surface area contributed by atoms with Gasteiger partial charge in [-0.3, -0.25) is 9.59 Å². The van der Waals surface area contributed by atoms with Crippen molar-refractivity contribution in [2.45, 2.75) is 45.1 Å².